The highest BCUT2D eigenvalue weighted by molar-refractivity contribution is 6.20. The van der Waals surface area contributed by atoms with Crippen LogP contribution in [0.25, 0.3) is 0 Å². The van der Waals surface area contributed by atoms with E-state index in [0.29, 0.717) is 6.42 Å². The Labute approximate surface area is 64.9 Å². The van der Waals surface area contributed by atoms with Crippen LogP contribution in [0.5, 0.6) is 0 Å². The molecule has 4 heteroatoms. The van der Waals surface area contributed by atoms with Crippen molar-refractivity contribution in [1.29, 1.82) is 0 Å². The van der Waals surface area contributed by atoms with Gasteiger partial charge >= 0.3 is 0 Å². The Morgan fingerprint density at radius 1 is 1.80 bits per heavy atom. The quantitative estimate of drug-likeness (QED) is 0.527. The first-order chi connectivity index (χ1) is 4.69. The SMILES string of the molecule is NC1(CCl)CCCNC1=O. The van der Waals surface area contributed by atoms with Crippen LogP contribution in [0, 0.1) is 0 Å². The van der Waals surface area contributed by atoms with Crippen molar-refractivity contribution >= 4 is 17.5 Å². The van der Waals surface area contributed by atoms with Crippen LogP contribution in [0.3, 0.4) is 0 Å². The van der Waals surface area contributed by atoms with E-state index >= 15 is 0 Å². The molecule has 0 aromatic rings. The van der Waals surface area contributed by atoms with Gasteiger partial charge in [-0.05, 0) is 12.8 Å². The summed E-state index contributed by atoms with van der Waals surface area (Å²) in [7, 11) is 0. The number of amides is 1. The molecule has 58 valence electrons. The number of carbonyl (C=O) groups is 1. The van der Waals surface area contributed by atoms with E-state index in [2.05, 4.69) is 5.32 Å². The summed E-state index contributed by atoms with van der Waals surface area (Å²) < 4.78 is 0. The molecule has 3 N–H and O–H groups in total. The smallest absolute Gasteiger partial charge is 0.241 e. The molecule has 3 nitrogen and oxygen atoms in total. The van der Waals surface area contributed by atoms with Crippen LogP contribution >= 0.6 is 11.6 Å². The van der Waals surface area contributed by atoms with E-state index in [9.17, 15) is 4.79 Å². The van der Waals surface area contributed by atoms with Crippen molar-refractivity contribution in [3.05, 3.63) is 0 Å². The van der Waals surface area contributed by atoms with Crippen LogP contribution in [0.2, 0.25) is 0 Å². The van der Waals surface area contributed by atoms with Crippen molar-refractivity contribution in [2.45, 2.75) is 18.4 Å². The van der Waals surface area contributed by atoms with Gasteiger partial charge in [0, 0.05) is 12.4 Å². The van der Waals surface area contributed by atoms with Gasteiger partial charge in [0.15, 0.2) is 0 Å². The third-order valence-electron chi connectivity index (χ3n) is 1.78. The zero-order valence-electron chi connectivity index (χ0n) is 5.69. The van der Waals surface area contributed by atoms with Crippen LogP contribution in [-0.4, -0.2) is 23.9 Å². The number of rotatable bonds is 1. The molecule has 0 saturated carbocycles. The van der Waals surface area contributed by atoms with E-state index < -0.39 is 5.54 Å². The molecule has 10 heavy (non-hydrogen) atoms. The second-order valence-electron chi connectivity index (χ2n) is 2.65. The van der Waals surface area contributed by atoms with Gasteiger partial charge < -0.3 is 11.1 Å². The maximum absolute atomic E-state index is 11.0. The van der Waals surface area contributed by atoms with E-state index in [4.69, 9.17) is 17.3 Å². The first-order valence-electron chi connectivity index (χ1n) is 3.32. The number of alkyl halides is 1. The summed E-state index contributed by atoms with van der Waals surface area (Å²) >= 11 is 5.53. The summed E-state index contributed by atoms with van der Waals surface area (Å²) in [6.07, 6.45) is 1.62. The molecule has 1 rings (SSSR count). The average molecular weight is 163 g/mol. The number of piperidine rings is 1. The van der Waals surface area contributed by atoms with E-state index in [-0.39, 0.29) is 11.8 Å². The Morgan fingerprint density at radius 2 is 2.50 bits per heavy atom. The Bertz CT molecular complexity index is 151. The fourth-order valence-electron chi connectivity index (χ4n) is 1.02. The van der Waals surface area contributed by atoms with Crippen molar-refractivity contribution in [1.82, 2.24) is 5.32 Å². The topological polar surface area (TPSA) is 55.1 Å². The molecule has 0 spiro atoms. The Kier molecular flexibility index (Phi) is 2.16. The largest absolute Gasteiger partial charge is 0.354 e. The number of nitrogens with one attached hydrogen (secondary N) is 1. The zero-order chi connectivity index (χ0) is 7.61. The highest BCUT2D eigenvalue weighted by atomic mass is 35.5. The second kappa shape index (κ2) is 2.76. The van der Waals surface area contributed by atoms with Crippen molar-refractivity contribution in [3.63, 3.8) is 0 Å². The predicted molar refractivity (Wildman–Crippen MR) is 39.9 cm³/mol. The lowest BCUT2D eigenvalue weighted by atomic mass is 9.93. The molecule has 1 amide bonds. The van der Waals surface area contributed by atoms with Crippen molar-refractivity contribution < 1.29 is 4.79 Å². The zero-order valence-corrected chi connectivity index (χ0v) is 6.45. The molecule has 1 fully saturated rings. The highest BCUT2D eigenvalue weighted by Crippen LogP contribution is 2.15. The maximum Gasteiger partial charge on any atom is 0.241 e. The molecular weight excluding hydrogens is 152 g/mol. The summed E-state index contributed by atoms with van der Waals surface area (Å²) in [6, 6.07) is 0. The molecule has 1 heterocycles. The minimum atomic E-state index is -0.806. The monoisotopic (exact) mass is 162 g/mol. The molecule has 0 bridgehead atoms. The fraction of sp³-hybridized carbons (Fsp3) is 0.833. The molecule has 1 aliphatic rings. The number of halogens is 1. The predicted octanol–water partition coefficient (Wildman–Crippen LogP) is -0.167. The maximum atomic E-state index is 11.0. The van der Waals surface area contributed by atoms with Gasteiger partial charge in [-0.3, -0.25) is 4.79 Å². The molecule has 1 atom stereocenters. The minimum absolute atomic E-state index is 0.117. The standard InChI is InChI=1S/C6H11ClN2O/c7-4-6(8)2-1-3-9-5(6)10/h1-4,8H2,(H,9,10). The lowest BCUT2D eigenvalue weighted by Crippen LogP contribution is -2.58. The normalized spacial score (nSPS) is 33.6. The van der Waals surface area contributed by atoms with Crippen LogP contribution in [0.15, 0.2) is 0 Å². The minimum Gasteiger partial charge on any atom is -0.354 e. The van der Waals surface area contributed by atoms with Gasteiger partial charge in [0.1, 0.15) is 5.54 Å². The molecule has 0 radical (unpaired) electrons. The second-order valence-corrected chi connectivity index (χ2v) is 2.92. The summed E-state index contributed by atoms with van der Waals surface area (Å²) in [6.45, 7) is 0.731. The van der Waals surface area contributed by atoms with E-state index in [1.807, 2.05) is 0 Å². The Morgan fingerprint density at radius 3 is 2.90 bits per heavy atom. The average Bonchev–Trinajstić information content (AvgIpc) is 1.96. The molecule has 0 aromatic heterocycles. The Hall–Kier alpha value is -0.280. The van der Waals surface area contributed by atoms with Crippen LogP contribution < -0.4 is 11.1 Å². The number of carbonyl (C=O) groups excluding carboxylic acids is 1. The number of nitrogens with two attached hydrogens (primary N) is 1. The van der Waals surface area contributed by atoms with Crippen LogP contribution in [0.4, 0.5) is 0 Å². The summed E-state index contributed by atoms with van der Waals surface area (Å²) in [5.74, 6) is 0.0903. The lowest BCUT2D eigenvalue weighted by Gasteiger charge is -2.29. The van der Waals surface area contributed by atoms with Crippen LogP contribution in [-0.2, 0) is 4.79 Å². The summed E-state index contributed by atoms with van der Waals surface area (Å²) in [4.78, 5) is 11.0. The van der Waals surface area contributed by atoms with Gasteiger partial charge in [-0.25, -0.2) is 0 Å². The van der Waals surface area contributed by atoms with Gasteiger partial charge in [0.05, 0.1) is 0 Å². The summed E-state index contributed by atoms with van der Waals surface area (Å²) in [5.41, 5.74) is 4.85. The highest BCUT2D eigenvalue weighted by Gasteiger charge is 2.34. The molecular formula is C6H11ClN2O. The first kappa shape index (κ1) is 7.82. The van der Waals surface area contributed by atoms with Gasteiger partial charge in [-0.2, -0.15) is 0 Å². The fourth-order valence-corrected chi connectivity index (χ4v) is 1.28. The van der Waals surface area contributed by atoms with Crippen molar-refractivity contribution in [3.8, 4) is 0 Å². The first-order valence-corrected chi connectivity index (χ1v) is 3.86. The van der Waals surface area contributed by atoms with Gasteiger partial charge in [0.25, 0.3) is 0 Å². The summed E-state index contributed by atoms with van der Waals surface area (Å²) in [5, 5.41) is 2.68. The van der Waals surface area contributed by atoms with Crippen molar-refractivity contribution in [2.75, 3.05) is 12.4 Å². The number of hydrogen-bond donors (Lipinski definition) is 2. The molecule has 1 aliphatic heterocycles. The van der Waals surface area contributed by atoms with Crippen molar-refractivity contribution in [2.24, 2.45) is 5.73 Å². The van der Waals surface area contributed by atoms with E-state index in [1.165, 1.54) is 0 Å². The molecule has 0 aliphatic carbocycles. The molecule has 1 unspecified atom stereocenters. The molecule has 1 saturated heterocycles. The third kappa shape index (κ3) is 1.25. The molecule has 0 aromatic carbocycles. The van der Waals surface area contributed by atoms with E-state index in [1.54, 1.807) is 0 Å². The van der Waals surface area contributed by atoms with Gasteiger partial charge in [-0.15, -0.1) is 11.6 Å². The van der Waals surface area contributed by atoms with Crippen LogP contribution in [0.1, 0.15) is 12.8 Å². The number of hydrogen-bond acceptors (Lipinski definition) is 2. The van der Waals surface area contributed by atoms with Gasteiger partial charge in [0.2, 0.25) is 5.91 Å². The van der Waals surface area contributed by atoms with E-state index in [0.717, 1.165) is 13.0 Å². The Balaban J connectivity index is 2.63. The lowest BCUT2D eigenvalue weighted by molar-refractivity contribution is -0.127. The van der Waals surface area contributed by atoms with Gasteiger partial charge in [-0.1, -0.05) is 0 Å². The third-order valence-corrected chi connectivity index (χ3v) is 2.25.